The van der Waals surface area contributed by atoms with Crippen LogP contribution in [0.5, 0.6) is 5.75 Å². The zero-order chi connectivity index (χ0) is 11.3. The monoisotopic (exact) mass is 212 g/mol. The molecule has 0 unspecified atom stereocenters. The molecule has 82 valence electrons. The molecule has 0 bridgehead atoms. The Bertz CT molecular complexity index is 350. The molecule has 1 aromatic rings. The maximum Gasteiger partial charge on any atom is 0.303 e. The predicted octanol–water partition coefficient (Wildman–Crippen LogP) is 2.24. The molecule has 0 amide bonds. The fourth-order valence-corrected chi connectivity index (χ4v) is 1.37. The minimum absolute atomic E-state index is 0.0830. The van der Waals surface area contributed by atoms with Crippen LogP contribution in [0.15, 0.2) is 18.2 Å². The van der Waals surface area contributed by atoms with Crippen LogP contribution in [0.4, 0.5) is 4.39 Å². The Balaban J connectivity index is 2.65. The second kappa shape index (κ2) is 5.34. The number of aliphatic carboxylic acids is 1. The molecule has 4 heteroatoms. The summed E-state index contributed by atoms with van der Waals surface area (Å²) in [7, 11) is 1.51. The van der Waals surface area contributed by atoms with Crippen molar-refractivity contribution in [2.45, 2.75) is 19.3 Å². The molecular formula is C11H13FO3. The summed E-state index contributed by atoms with van der Waals surface area (Å²) in [6, 6.07) is 4.24. The molecular weight excluding hydrogens is 199 g/mol. The molecule has 3 nitrogen and oxygen atoms in total. The van der Waals surface area contributed by atoms with Gasteiger partial charge in [0.25, 0.3) is 0 Å². The highest BCUT2D eigenvalue weighted by atomic mass is 19.1. The first-order chi connectivity index (χ1) is 7.13. The molecule has 0 radical (unpaired) electrons. The number of carboxylic acid groups (broad SMARTS) is 1. The fourth-order valence-electron chi connectivity index (χ4n) is 1.37. The fraction of sp³-hybridized carbons (Fsp3) is 0.364. The molecule has 0 aliphatic carbocycles. The van der Waals surface area contributed by atoms with Crippen molar-refractivity contribution in [3.05, 3.63) is 29.6 Å². The number of halogens is 1. The van der Waals surface area contributed by atoms with Crippen LogP contribution < -0.4 is 4.74 Å². The highest BCUT2D eigenvalue weighted by molar-refractivity contribution is 5.66. The maximum absolute atomic E-state index is 12.9. The summed E-state index contributed by atoms with van der Waals surface area (Å²) in [5.41, 5.74) is 0.707. The topological polar surface area (TPSA) is 46.5 Å². The molecule has 0 aromatic heterocycles. The van der Waals surface area contributed by atoms with Crippen LogP contribution in [-0.4, -0.2) is 18.2 Å². The molecule has 1 N–H and O–H groups in total. The van der Waals surface area contributed by atoms with Gasteiger partial charge in [0.2, 0.25) is 0 Å². The number of carboxylic acids is 1. The van der Waals surface area contributed by atoms with Crippen molar-refractivity contribution in [3.8, 4) is 5.75 Å². The SMILES string of the molecule is COc1ccc(F)cc1CCCC(=O)O. The van der Waals surface area contributed by atoms with Crippen molar-refractivity contribution in [1.29, 1.82) is 0 Å². The molecule has 0 saturated heterocycles. The summed E-state index contributed by atoms with van der Waals surface area (Å²) >= 11 is 0. The van der Waals surface area contributed by atoms with E-state index >= 15 is 0 Å². The molecule has 0 aliphatic rings. The van der Waals surface area contributed by atoms with E-state index in [-0.39, 0.29) is 12.2 Å². The summed E-state index contributed by atoms with van der Waals surface area (Å²) in [5, 5.41) is 8.47. The number of carbonyl (C=O) groups is 1. The van der Waals surface area contributed by atoms with Gasteiger partial charge in [-0.25, -0.2) is 4.39 Å². The van der Waals surface area contributed by atoms with Gasteiger partial charge in [-0.2, -0.15) is 0 Å². The van der Waals surface area contributed by atoms with Gasteiger partial charge in [0.05, 0.1) is 7.11 Å². The van der Waals surface area contributed by atoms with Crippen molar-refractivity contribution < 1.29 is 19.0 Å². The van der Waals surface area contributed by atoms with Crippen molar-refractivity contribution >= 4 is 5.97 Å². The Morgan fingerprint density at radius 1 is 1.53 bits per heavy atom. The zero-order valence-corrected chi connectivity index (χ0v) is 8.50. The van der Waals surface area contributed by atoms with Gasteiger partial charge in [-0.15, -0.1) is 0 Å². The van der Waals surface area contributed by atoms with Gasteiger partial charge >= 0.3 is 5.97 Å². The summed E-state index contributed by atoms with van der Waals surface area (Å²) in [6.07, 6.45) is 1.07. The summed E-state index contributed by atoms with van der Waals surface area (Å²) in [5.74, 6) is -0.576. The third kappa shape index (κ3) is 3.58. The lowest BCUT2D eigenvalue weighted by atomic mass is 10.1. The number of rotatable bonds is 5. The molecule has 0 heterocycles. The summed E-state index contributed by atoms with van der Waals surface area (Å²) in [6.45, 7) is 0. The zero-order valence-electron chi connectivity index (χ0n) is 8.50. The third-order valence-electron chi connectivity index (χ3n) is 2.08. The van der Waals surface area contributed by atoms with E-state index in [2.05, 4.69) is 0 Å². The Morgan fingerprint density at radius 3 is 2.87 bits per heavy atom. The first-order valence-electron chi connectivity index (χ1n) is 4.67. The first-order valence-corrected chi connectivity index (χ1v) is 4.67. The number of aryl methyl sites for hydroxylation is 1. The highest BCUT2D eigenvalue weighted by Crippen LogP contribution is 2.21. The minimum Gasteiger partial charge on any atom is -0.496 e. The Kier molecular flexibility index (Phi) is 4.09. The second-order valence-electron chi connectivity index (χ2n) is 3.20. The van der Waals surface area contributed by atoms with Gasteiger partial charge < -0.3 is 9.84 Å². The number of benzene rings is 1. The van der Waals surface area contributed by atoms with E-state index in [4.69, 9.17) is 9.84 Å². The number of methoxy groups -OCH3 is 1. The van der Waals surface area contributed by atoms with Crippen LogP contribution in [0.2, 0.25) is 0 Å². The van der Waals surface area contributed by atoms with Crippen molar-refractivity contribution in [2.24, 2.45) is 0 Å². The molecule has 1 aromatic carbocycles. The molecule has 0 saturated carbocycles. The lowest BCUT2D eigenvalue weighted by Gasteiger charge is -2.07. The van der Waals surface area contributed by atoms with Gasteiger partial charge in [-0.1, -0.05) is 0 Å². The maximum atomic E-state index is 12.9. The molecule has 0 spiro atoms. The standard InChI is InChI=1S/C11H13FO3/c1-15-10-6-5-9(12)7-8(10)3-2-4-11(13)14/h5-7H,2-4H2,1H3,(H,13,14). The van der Waals surface area contributed by atoms with Crippen LogP contribution in [0, 0.1) is 5.82 Å². The van der Waals surface area contributed by atoms with Gasteiger partial charge in [-0.05, 0) is 36.6 Å². The molecule has 0 fully saturated rings. The summed E-state index contributed by atoms with van der Waals surface area (Å²) in [4.78, 5) is 10.3. The third-order valence-corrected chi connectivity index (χ3v) is 2.08. The molecule has 0 aliphatic heterocycles. The number of ether oxygens (including phenoxy) is 1. The van der Waals surface area contributed by atoms with E-state index in [1.54, 1.807) is 6.07 Å². The lowest BCUT2D eigenvalue weighted by molar-refractivity contribution is -0.137. The number of hydrogen-bond donors (Lipinski definition) is 1. The van der Waals surface area contributed by atoms with E-state index in [0.29, 0.717) is 24.2 Å². The lowest BCUT2D eigenvalue weighted by Crippen LogP contribution is -1.98. The van der Waals surface area contributed by atoms with Crippen LogP contribution in [0.25, 0.3) is 0 Å². The largest absolute Gasteiger partial charge is 0.496 e. The van der Waals surface area contributed by atoms with Crippen LogP contribution in [0.3, 0.4) is 0 Å². The number of hydrogen-bond acceptors (Lipinski definition) is 2. The highest BCUT2D eigenvalue weighted by Gasteiger charge is 2.05. The van der Waals surface area contributed by atoms with Gasteiger partial charge in [-0.3, -0.25) is 4.79 Å². The minimum atomic E-state index is -0.842. The Labute approximate surface area is 87.5 Å². The smallest absolute Gasteiger partial charge is 0.303 e. The molecule has 15 heavy (non-hydrogen) atoms. The van der Waals surface area contributed by atoms with E-state index in [9.17, 15) is 9.18 Å². The van der Waals surface area contributed by atoms with E-state index in [1.807, 2.05) is 0 Å². The quantitative estimate of drug-likeness (QED) is 0.814. The van der Waals surface area contributed by atoms with E-state index in [0.717, 1.165) is 0 Å². The molecule has 1 rings (SSSR count). The second-order valence-corrected chi connectivity index (χ2v) is 3.20. The normalized spacial score (nSPS) is 10.0. The van der Waals surface area contributed by atoms with Gasteiger partial charge in [0, 0.05) is 6.42 Å². The van der Waals surface area contributed by atoms with Crippen LogP contribution in [0.1, 0.15) is 18.4 Å². The molecule has 0 atom stereocenters. The van der Waals surface area contributed by atoms with Gasteiger partial charge in [0.1, 0.15) is 11.6 Å². The van der Waals surface area contributed by atoms with Gasteiger partial charge in [0.15, 0.2) is 0 Å². The predicted molar refractivity (Wildman–Crippen MR) is 53.5 cm³/mol. The van der Waals surface area contributed by atoms with Crippen molar-refractivity contribution in [3.63, 3.8) is 0 Å². The average Bonchev–Trinajstić information content (AvgIpc) is 2.17. The Morgan fingerprint density at radius 2 is 2.27 bits per heavy atom. The van der Waals surface area contributed by atoms with E-state index in [1.165, 1.54) is 19.2 Å². The first kappa shape index (κ1) is 11.5. The van der Waals surface area contributed by atoms with Crippen LogP contribution >= 0.6 is 0 Å². The summed E-state index contributed by atoms with van der Waals surface area (Å²) < 4.78 is 17.9. The Hall–Kier alpha value is -1.58. The van der Waals surface area contributed by atoms with Crippen LogP contribution in [-0.2, 0) is 11.2 Å². The van der Waals surface area contributed by atoms with Crippen molar-refractivity contribution in [1.82, 2.24) is 0 Å². The van der Waals surface area contributed by atoms with Crippen molar-refractivity contribution in [2.75, 3.05) is 7.11 Å². The van der Waals surface area contributed by atoms with E-state index < -0.39 is 5.97 Å². The average molecular weight is 212 g/mol.